The highest BCUT2D eigenvalue weighted by Crippen LogP contribution is 2.21. The first-order valence-electron chi connectivity index (χ1n) is 12.7. The Morgan fingerprint density at radius 3 is 2.86 bits per heavy atom. The number of fused-ring (bicyclic) bond motifs is 1. The Balaban J connectivity index is 1.66. The van der Waals surface area contributed by atoms with Crippen molar-refractivity contribution >= 4 is 40.8 Å². The molecule has 0 spiro atoms. The lowest BCUT2D eigenvalue weighted by atomic mass is 9.92. The highest BCUT2D eigenvalue weighted by molar-refractivity contribution is 6.16. The molecule has 7 heteroatoms. The number of benzene rings is 1. The molecule has 1 aliphatic rings. The lowest BCUT2D eigenvalue weighted by Gasteiger charge is -2.22. The van der Waals surface area contributed by atoms with Gasteiger partial charge in [0.1, 0.15) is 0 Å². The van der Waals surface area contributed by atoms with Crippen LogP contribution >= 0.6 is 0 Å². The van der Waals surface area contributed by atoms with Gasteiger partial charge in [0.2, 0.25) is 5.95 Å². The molecule has 1 atom stereocenters. The minimum Gasteiger partial charge on any atom is -0.317 e. The van der Waals surface area contributed by atoms with Gasteiger partial charge >= 0.3 is 0 Å². The minimum absolute atomic E-state index is 0.234. The van der Waals surface area contributed by atoms with Crippen molar-refractivity contribution in [2.45, 2.75) is 65.3 Å². The van der Waals surface area contributed by atoms with Gasteiger partial charge in [-0.25, -0.2) is 9.97 Å². The smallest absolute Gasteiger partial charge is 0.259 e. The van der Waals surface area contributed by atoms with Crippen LogP contribution in [-0.2, 0) is 4.79 Å². The Morgan fingerprint density at radius 2 is 2.14 bits per heavy atom. The molecule has 3 N–H and O–H groups in total. The van der Waals surface area contributed by atoms with Gasteiger partial charge in [0.05, 0.1) is 11.1 Å². The highest BCUT2D eigenvalue weighted by Gasteiger charge is 2.13. The monoisotopic (exact) mass is 474 g/mol. The van der Waals surface area contributed by atoms with Gasteiger partial charge in [-0.3, -0.25) is 15.1 Å². The zero-order chi connectivity index (χ0) is 25.0. The van der Waals surface area contributed by atoms with E-state index in [0.29, 0.717) is 5.57 Å². The summed E-state index contributed by atoms with van der Waals surface area (Å²) in [7, 11) is 0. The summed E-state index contributed by atoms with van der Waals surface area (Å²) in [6, 6.07) is 6.26. The molecule has 186 valence electrons. The molecule has 35 heavy (non-hydrogen) atoms. The van der Waals surface area contributed by atoms with E-state index in [2.05, 4.69) is 39.4 Å². The molecule has 1 aliphatic heterocycles. The number of rotatable bonds is 11. The number of piperidine rings is 1. The van der Waals surface area contributed by atoms with E-state index in [4.69, 9.17) is 5.41 Å². The maximum Gasteiger partial charge on any atom is 0.259 e. The Bertz CT molecular complexity index is 1100. The van der Waals surface area contributed by atoms with Crippen LogP contribution in [0.2, 0.25) is 0 Å². The van der Waals surface area contributed by atoms with Gasteiger partial charge in [0.15, 0.2) is 0 Å². The number of hydrogen-bond donors (Lipinski definition) is 3. The molecule has 1 unspecified atom stereocenters. The molecule has 1 fully saturated rings. The molecule has 1 amide bonds. The van der Waals surface area contributed by atoms with Crippen molar-refractivity contribution in [2.24, 2.45) is 10.9 Å². The van der Waals surface area contributed by atoms with Gasteiger partial charge in [-0.2, -0.15) is 0 Å². The minimum atomic E-state index is -0.354. The number of amides is 1. The van der Waals surface area contributed by atoms with E-state index in [1.165, 1.54) is 12.8 Å². The molecule has 1 aromatic carbocycles. The number of carbonyl (C=O) groups is 1. The Labute approximate surface area is 208 Å². The SMILES string of the molecule is C/C=C(\C=NC(C)CC)c1ccc2cnc(NC(=O)/C(C=N)=C/CCCC3CCNCC3)nc2c1. The van der Waals surface area contributed by atoms with Crippen molar-refractivity contribution in [3.63, 3.8) is 0 Å². The van der Waals surface area contributed by atoms with Crippen molar-refractivity contribution in [2.75, 3.05) is 18.4 Å². The van der Waals surface area contributed by atoms with E-state index >= 15 is 0 Å². The standard InChI is InChI=1S/C28H38N6O/c1-4-20(3)31-18-22(5-2)23-10-11-25-19-32-28(33-26(25)16-23)34-27(35)24(17-29)9-7-6-8-21-12-14-30-15-13-21/h5,9-11,16-21,29-30H,4,6-8,12-15H2,1-3H3,(H,32,33,34,35)/b22-5+,24-9+,29-17?,31-18?. The number of aliphatic imine (C=N–C) groups is 1. The molecule has 0 radical (unpaired) electrons. The van der Waals surface area contributed by atoms with Crippen LogP contribution in [0.5, 0.6) is 0 Å². The first kappa shape index (κ1) is 26.4. The van der Waals surface area contributed by atoms with Crippen LogP contribution in [0.1, 0.15) is 64.9 Å². The van der Waals surface area contributed by atoms with Crippen molar-refractivity contribution in [3.05, 3.63) is 47.7 Å². The van der Waals surface area contributed by atoms with Gasteiger partial charge in [-0.05, 0) is 82.2 Å². The number of anilines is 1. The predicted molar refractivity (Wildman–Crippen MR) is 146 cm³/mol. The fourth-order valence-corrected chi connectivity index (χ4v) is 4.12. The summed E-state index contributed by atoms with van der Waals surface area (Å²) < 4.78 is 0. The number of hydrogen-bond acceptors (Lipinski definition) is 6. The van der Waals surface area contributed by atoms with E-state index in [9.17, 15) is 4.79 Å². The second-order valence-corrected chi connectivity index (χ2v) is 9.13. The highest BCUT2D eigenvalue weighted by atomic mass is 16.1. The Kier molecular flexibility index (Phi) is 10.3. The first-order valence-corrected chi connectivity index (χ1v) is 12.7. The molecule has 1 aromatic heterocycles. The third kappa shape index (κ3) is 7.92. The molecule has 7 nitrogen and oxygen atoms in total. The summed E-state index contributed by atoms with van der Waals surface area (Å²) in [5, 5.41) is 14.7. The molecule has 2 aromatic rings. The maximum absolute atomic E-state index is 12.7. The summed E-state index contributed by atoms with van der Waals surface area (Å²) in [6.45, 7) is 8.41. The molecule has 0 bridgehead atoms. The summed E-state index contributed by atoms with van der Waals surface area (Å²) in [6.07, 6.45) is 15.0. The molecular weight excluding hydrogens is 436 g/mol. The van der Waals surface area contributed by atoms with E-state index in [1.807, 2.05) is 43.5 Å². The number of unbranched alkanes of at least 4 members (excludes halogenated alkanes) is 1. The lowest BCUT2D eigenvalue weighted by Crippen LogP contribution is -2.27. The lowest BCUT2D eigenvalue weighted by molar-refractivity contribution is -0.112. The first-order chi connectivity index (χ1) is 17.0. The number of nitrogens with zero attached hydrogens (tertiary/aromatic N) is 3. The zero-order valence-corrected chi connectivity index (χ0v) is 21.2. The molecule has 1 saturated heterocycles. The fraction of sp³-hybridized carbons (Fsp3) is 0.464. The Morgan fingerprint density at radius 1 is 1.34 bits per heavy atom. The summed E-state index contributed by atoms with van der Waals surface area (Å²) >= 11 is 0. The second-order valence-electron chi connectivity index (χ2n) is 9.13. The van der Waals surface area contributed by atoms with Gasteiger partial charge in [-0.1, -0.05) is 37.6 Å². The summed E-state index contributed by atoms with van der Waals surface area (Å²) in [5.41, 5.74) is 3.11. The Hall–Kier alpha value is -3.19. The van der Waals surface area contributed by atoms with Crippen LogP contribution in [0.3, 0.4) is 0 Å². The van der Waals surface area contributed by atoms with Crippen LogP contribution in [0, 0.1) is 11.3 Å². The van der Waals surface area contributed by atoms with Gasteiger partial charge in [0, 0.05) is 30.1 Å². The quantitative estimate of drug-likeness (QED) is 0.224. The van der Waals surface area contributed by atoms with E-state index < -0.39 is 0 Å². The number of aromatic nitrogens is 2. The number of allylic oxidation sites excluding steroid dienone is 3. The molecular formula is C28H38N6O. The maximum atomic E-state index is 12.7. The third-order valence-electron chi connectivity index (χ3n) is 6.57. The van der Waals surface area contributed by atoms with E-state index in [-0.39, 0.29) is 17.9 Å². The fourth-order valence-electron chi connectivity index (χ4n) is 4.12. The number of carbonyl (C=O) groups excluding carboxylic acids is 1. The van der Waals surface area contributed by atoms with Crippen LogP contribution in [0.4, 0.5) is 5.95 Å². The normalized spacial score (nSPS) is 16.5. The van der Waals surface area contributed by atoms with Crippen LogP contribution in [-0.4, -0.2) is 47.4 Å². The van der Waals surface area contributed by atoms with E-state index in [0.717, 1.165) is 72.9 Å². The second kappa shape index (κ2) is 13.6. The number of nitrogens with one attached hydrogen (secondary N) is 3. The molecule has 0 saturated carbocycles. The van der Waals surface area contributed by atoms with Crippen LogP contribution < -0.4 is 10.6 Å². The third-order valence-corrected chi connectivity index (χ3v) is 6.57. The van der Waals surface area contributed by atoms with Crippen LogP contribution in [0.25, 0.3) is 16.5 Å². The summed E-state index contributed by atoms with van der Waals surface area (Å²) in [5.74, 6) is 0.645. The molecule has 0 aliphatic carbocycles. The van der Waals surface area contributed by atoms with Crippen molar-refractivity contribution < 1.29 is 4.79 Å². The van der Waals surface area contributed by atoms with Crippen molar-refractivity contribution in [1.29, 1.82) is 5.41 Å². The predicted octanol–water partition coefficient (Wildman–Crippen LogP) is 5.59. The van der Waals surface area contributed by atoms with Crippen molar-refractivity contribution in [1.82, 2.24) is 15.3 Å². The topological polar surface area (TPSA) is 103 Å². The van der Waals surface area contributed by atoms with Crippen LogP contribution in [0.15, 0.2) is 47.1 Å². The largest absolute Gasteiger partial charge is 0.317 e. The average molecular weight is 475 g/mol. The van der Waals surface area contributed by atoms with E-state index in [1.54, 1.807) is 6.20 Å². The van der Waals surface area contributed by atoms with Gasteiger partial charge < -0.3 is 10.7 Å². The van der Waals surface area contributed by atoms with Gasteiger partial charge in [-0.15, -0.1) is 0 Å². The molecule has 2 heterocycles. The van der Waals surface area contributed by atoms with Crippen molar-refractivity contribution in [3.8, 4) is 0 Å². The average Bonchev–Trinajstić information content (AvgIpc) is 2.89. The zero-order valence-electron chi connectivity index (χ0n) is 21.2. The summed E-state index contributed by atoms with van der Waals surface area (Å²) in [4.78, 5) is 26.2. The van der Waals surface area contributed by atoms with Gasteiger partial charge in [0.25, 0.3) is 5.91 Å². The molecule has 3 rings (SSSR count).